The Morgan fingerprint density at radius 2 is 1.75 bits per heavy atom. The third kappa shape index (κ3) is 2.33. The number of carbonyl (C=O) groups is 2. The first-order valence-electron chi connectivity index (χ1n) is 7.96. The van der Waals surface area contributed by atoms with Gasteiger partial charge in [0.1, 0.15) is 12.3 Å². The molecule has 5 rings (SSSR count). The number of hydrazone groups is 1. The van der Waals surface area contributed by atoms with Crippen molar-refractivity contribution in [1.29, 1.82) is 0 Å². The van der Waals surface area contributed by atoms with Gasteiger partial charge in [0.15, 0.2) is 0 Å². The molecule has 2 atom stereocenters. The highest BCUT2D eigenvalue weighted by atomic mass is 16.5. The summed E-state index contributed by atoms with van der Waals surface area (Å²) in [5, 5.41) is 8.59. The van der Waals surface area contributed by atoms with Crippen molar-refractivity contribution >= 4 is 18.2 Å². The Morgan fingerprint density at radius 3 is 2.38 bits per heavy atom. The summed E-state index contributed by atoms with van der Waals surface area (Å²) >= 11 is 0. The molecule has 7 heteroatoms. The minimum absolute atomic E-state index is 0.000771. The molecule has 0 unspecified atom stereocenters. The van der Waals surface area contributed by atoms with Crippen LogP contribution >= 0.6 is 0 Å². The maximum atomic E-state index is 12.7. The van der Waals surface area contributed by atoms with Crippen molar-refractivity contribution in [2.75, 3.05) is 13.7 Å². The minimum Gasteiger partial charge on any atom is -0.497 e. The van der Waals surface area contributed by atoms with Gasteiger partial charge in [-0.05, 0) is 42.7 Å². The predicted molar refractivity (Wildman–Crippen MR) is 87.3 cm³/mol. The van der Waals surface area contributed by atoms with Gasteiger partial charge >= 0.3 is 6.03 Å². The molecule has 2 fully saturated rings. The standard InChI is InChI=1S/C17H18N4O3/c1-24-15-8-2-12(3-9-15)10-18-19-11-16(22)20-13-4-6-14(7-5-13)21(20)17(19)23/h2-4,6,8-10,13-14H,5,7,11H2,1H3/b18-10+/t13-,14-/m0/s1. The van der Waals surface area contributed by atoms with Gasteiger partial charge in [0.25, 0.3) is 5.91 Å². The van der Waals surface area contributed by atoms with Crippen molar-refractivity contribution in [2.24, 2.45) is 5.10 Å². The third-order valence-corrected chi connectivity index (χ3v) is 4.59. The van der Waals surface area contributed by atoms with Crippen LogP contribution in [0.5, 0.6) is 5.75 Å². The number of fused-ring (bicyclic) bond motifs is 1. The second kappa shape index (κ2) is 5.67. The van der Waals surface area contributed by atoms with E-state index in [0.29, 0.717) is 0 Å². The third-order valence-electron chi connectivity index (χ3n) is 4.59. The number of benzene rings is 1. The average molecular weight is 326 g/mol. The highest BCUT2D eigenvalue weighted by Crippen LogP contribution is 2.33. The predicted octanol–water partition coefficient (Wildman–Crippen LogP) is 1.61. The van der Waals surface area contributed by atoms with Crippen molar-refractivity contribution in [3.8, 4) is 5.75 Å². The smallest absolute Gasteiger partial charge is 0.360 e. The molecule has 0 spiro atoms. The summed E-state index contributed by atoms with van der Waals surface area (Å²) in [7, 11) is 1.60. The Bertz CT molecular complexity index is 728. The molecule has 3 aliphatic heterocycles. The van der Waals surface area contributed by atoms with Crippen LogP contribution in [0.25, 0.3) is 0 Å². The van der Waals surface area contributed by atoms with E-state index in [9.17, 15) is 9.59 Å². The van der Waals surface area contributed by atoms with Gasteiger partial charge in [-0.1, -0.05) is 12.2 Å². The largest absolute Gasteiger partial charge is 0.497 e. The van der Waals surface area contributed by atoms with Crippen LogP contribution in [0.1, 0.15) is 18.4 Å². The van der Waals surface area contributed by atoms with E-state index >= 15 is 0 Å². The SMILES string of the molecule is COc1ccc(/C=N/N2CC(=O)N3[C@H]4C=C[C@@H](CC4)N3C2=O)cc1. The Labute approximate surface area is 139 Å². The number of hydrazine groups is 1. The van der Waals surface area contributed by atoms with E-state index in [1.165, 1.54) is 5.01 Å². The fraction of sp³-hybridized carbons (Fsp3) is 0.353. The number of nitrogens with zero attached hydrogens (tertiary/aromatic N) is 4. The second-order valence-electron chi connectivity index (χ2n) is 6.04. The van der Waals surface area contributed by atoms with E-state index in [4.69, 9.17) is 4.74 Å². The number of rotatable bonds is 3. The zero-order valence-corrected chi connectivity index (χ0v) is 13.3. The van der Waals surface area contributed by atoms with Crippen molar-refractivity contribution in [1.82, 2.24) is 15.0 Å². The average Bonchev–Trinajstić information content (AvgIpc) is 2.64. The molecule has 4 aliphatic rings. The van der Waals surface area contributed by atoms with Crippen molar-refractivity contribution in [3.05, 3.63) is 42.0 Å². The van der Waals surface area contributed by atoms with Crippen molar-refractivity contribution in [3.63, 3.8) is 0 Å². The van der Waals surface area contributed by atoms with Gasteiger partial charge < -0.3 is 4.74 Å². The number of carbonyl (C=O) groups excluding carboxylic acids is 2. The van der Waals surface area contributed by atoms with Crippen LogP contribution in [-0.4, -0.2) is 58.9 Å². The van der Waals surface area contributed by atoms with E-state index in [1.54, 1.807) is 23.3 Å². The summed E-state index contributed by atoms with van der Waals surface area (Å²) in [5.74, 6) is 0.656. The lowest BCUT2D eigenvalue weighted by atomic mass is 9.93. The zero-order valence-electron chi connectivity index (χ0n) is 13.3. The first kappa shape index (κ1) is 14.7. The summed E-state index contributed by atoms with van der Waals surface area (Å²) in [6.07, 6.45) is 7.40. The molecule has 124 valence electrons. The maximum absolute atomic E-state index is 12.7. The van der Waals surface area contributed by atoms with Crippen LogP contribution in [0.15, 0.2) is 41.5 Å². The van der Waals surface area contributed by atoms with Gasteiger partial charge in [-0.25, -0.2) is 19.8 Å². The molecule has 2 saturated heterocycles. The minimum atomic E-state index is -0.251. The molecule has 1 aliphatic carbocycles. The topological polar surface area (TPSA) is 65.5 Å². The number of hydrogen-bond acceptors (Lipinski definition) is 4. The Kier molecular flexibility index (Phi) is 3.48. The summed E-state index contributed by atoms with van der Waals surface area (Å²) < 4.78 is 5.11. The first-order chi connectivity index (χ1) is 11.7. The van der Waals surface area contributed by atoms with Crippen LogP contribution in [0.2, 0.25) is 0 Å². The molecule has 0 radical (unpaired) electrons. The fourth-order valence-electron chi connectivity index (χ4n) is 3.36. The summed E-state index contributed by atoms with van der Waals surface area (Å²) in [4.78, 5) is 25.1. The number of methoxy groups -OCH3 is 1. The summed E-state index contributed by atoms with van der Waals surface area (Å²) in [6, 6.07) is 7.02. The molecule has 0 aromatic heterocycles. The Balaban J connectivity index is 1.54. The Hall–Kier alpha value is -2.83. The van der Waals surface area contributed by atoms with Gasteiger partial charge in [-0.2, -0.15) is 5.10 Å². The normalized spacial score (nSPS) is 25.6. The lowest BCUT2D eigenvalue weighted by molar-refractivity contribution is -0.165. The zero-order chi connectivity index (χ0) is 16.7. The molecule has 2 bridgehead atoms. The van der Waals surface area contributed by atoms with Crippen molar-refractivity contribution in [2.45, 2.75) is 24.9 Å². The number of ether oxygens (including phenoxy) is 1. The van der Waals surface area contributed by atoms with E-state index < -0.39 is 0 Å². The van der Waals surface area contributed by atoms with Crippen molar-refractivity contribution < 1.29 is 14.3 Å². The van der Waals surface area contributed by atoms with Gasteiger partial charge in [0, 0.05) is 0 Å². The molecule has 1 aromatic rings. The molecule has 24 heavy (non-hydrogen) atoms. The highest BCUT2D eigenvalue weighted by molar-refractivity contribution is 5.91. The molecule has 0 saturated carbocycles. The van der Waals surface area contributed by atoms with Gasteiger partial charge in [-0.3, -0.25) is 4.79 Å². The maximum Gasteiger partial charge on any atom is 0.360 e. The van der Waals surface area contributed by atoms with Crippen LogP contribution in [-0.2, 0) is 4.79 Å². The molecule has 0 N–H and O–H groups in total. The second-order valence-corrected chi connectivity index (χ2v) is 6.04. The molecule has 3 heterocycles. The monoisotopic (exact) mass is 326 g/mol. The van der Waals surface area contributed by atoms with Gasteiger partial charge in [0.05, 0.1) is 25.4 Å². The quantitative estimate of drug-likeness (QED) is 0.626. The van der Waals surface area contributed by atoms with E-state index in [0.717, 1.165) is 24.2 Å². The van der Waals surface area contributed by atoms with Crippen LogP contribution in [0, 0.1) is 0 Å². The summed E-state index contributed by atoms with van der Waals surface area (Å²) in [5.41, 5.74) is 0.832. The molecule has 3 amide bonds. The Morgan fingerprint density at radius 1 is 1.08 bits per heavy atom. The number of amides is 3. The molecular weight excluding hydrogens is 308 g/mol. The van der Waals surface area contributed by atoms with E-state index in [-0.39, 0.29) is 30.6 Å². The lowest BCUT2D eigenvalue weighted by Crippen LogP contribution is -2.69. The summed E-state index contributed by atoms with van der Waals surface area (Å²) in [6.45, 7) is -0.0287. The molecule has 7 nitrogen and oxygen atoms in total. The van der Waals surface area contributed by atoms with E-state index in [2.05, 4.69) is 5.10 Å². The van der Waals surface area contributed by atoms with Gasteiger partial charge in [0.2, 0.25) is 0 Å². The fourth-order valence-corrected chi connectivity index (χ4v) is 3.36. The lowest BCUT2D eigenvalue weighted by Gasteiger charge is -2.52. The molecular formula is C17H18N4O3. The van der Waals surface area contributed by atoms with Crippen LogP contribution in [0.3, 0.4) is 0 Å². The highest BCUT2D eigenvalue weighted by Gasteiger charge is 2.47. The van der Waals surface area contributed by atoms with Crippen LogP contribution in [0.4, 0.5) is 4.79 Å². The van der Waals surface area contributed by atoms with E-state index in [1.807, 2.05) is 36.4 Å². The van der Waals surface area contributed by atoms with Gasteiger partial charge in [-0.15, -0.1) is 0 Å². The number of urea groups is 1. The number of hydrogen-bond donors (Lipinski definition) is 0. The molecule has 1 aromatic carbocycles. The van der Waals surface area contributed by atoms with Crippen LogP contribution < -0.4 is 4.74 Å². The first-order valence-corrected chi connectivity index (χ1v) is 7.96.